The number of benzene rings is 2. The molecular formula is C20H19N3O6. The molecule has 0 spiro atoms. The van der Waals surface area contributed by atoms with E-state index in [4.69, 9.17) is 4.74 Å². The zero-order chi connectivity index (χ0) is 20.8. The van der Waals surface area contributed by atoms with Gasteiger partial charge in [-0.15, -0.1) is 0 Å². The fourth-order valence-electron chi connectivity index (χ4n) is 3.15. The average molecular weight is 397 g/mol. The van der Waals surface area contributed by atoms with Gasteiger partial charge in [-0.25, -0.2) is 0 Å². The Labute approximate surface area is 166 Å². The third-order valence-corrected chi connectivity index (χ3v) is 4.54. The van der Waals surface area contributed by atoms with Crippen LogP contribution in [-0.2, 0) is 19.1 Å². The number of nitrogens with one attached hydrogen (secondary N) is 1. The molecule has 1 aliphatic heterocycles. The van der Waals surface area contributed by atoms with Crippen LogP contribution in [0, 0.1) is 10.1 Å². The van der Waals surface area contributed by atoms with Crippen molar-refractivity contribution in [2.45, 2.75) is 12.3 Å². The van der Waals surface area contributed by atoms with Crippen LogP contribution in [0.15, 0.2) is 54.6 Å². The van der Waals surface area contributed by atoms with Gasteiger partial charge in [-0.3, -0.25) is 24.5 Å². The minimum atomic E-state index is -0.718. The second-order valence-electron chi connectivity index (χ2n) is 6.57. The summed E-state index contributed by atoms with van der Waals surface area (Å²) in [5.74, 6) is -1.56. The van der Waals surface area contributed by atoms with E-state index in [-0.39, 0.29) is 29.7 Å². The van der Waals surface area contributed by atoms with Crippen molar-refractivity contribution in [3.05, 3.63) is 70.3 Å². The highest BCUT2D eigenvalue weighted by atomic mass is 16.6. The molecule has 1 aliphatic rings. The Morgan fingerprint density at radius 1 is 1.14 bits per heavy atom. The number of hydrogen-bond acceptors (Lipinski definition) is 6. The molecule has 0 saturated carbocycles. The van der Waals surface area contributed by atoms with Crippen molar-refractivity contribution >= 4 is 29.2 Å². The molecule has 0 radical (unpaired) electrons. The van der Waals surface area contributed by atoms with Crippen molar-refractivity contribution in [3.63, 3.8) is 0 Å². The highest BCUT2D eigenvalue weighted by Crippen LogP contribution is 2.27. The number of hydrogen-bond donors (Lipinski definition) is 1. The lowest BCUT2D eigenvalue weighted by atomic mass is 9.99. The van der Waals surface area contributed by atoms with E-state index in [9.17, 15) is 24.5 Å². The van der Waals surface area contributed by atoms with Crippen molar-refractivity contribution < 1.29 is 24.0 Å². The summed E-state index contributed by atoms with van der Waals surface area (Å²) < 4.78 is 4.91. The summed E-state index contributed by atoms with van der Waals surface area (Å²) in [6, 6.07) is 15.2. The van der Waals surface area contributed by atoms with Gasteiger partial charge in [0.2, 0.25) is 5.91 Å². The normalized spacial score (nSPS) is 15.8. The van der Waals surface area contributed by atoms with Crippen molar-refractivity contribution in [1.82, 2.24) is 4.90 Å². The lowest BCUT2D eigenvalue weighted by Gasteiger charge is -2.16. The van der Waals surface area contributed by atoms with Crippen LogP contribution in [0.3, 0.4) is 0 Å². The highest BCUT2D eigenvalue weighted by molar-refractivity contribution is 5.95. The molecule has 29 heavy (non-hydrogen) atoms. The van der Waals surface area contributed by atoms with E-state index in [1.54, 1.807) is 0 Å². The molecule has 0 bridgehead atoms. The number of nitrogens with zero attached hydrogens (tertiary/aromatic N) is 2. The summed E-state index contributed by atoms with van der Waals surface area (Å²) >= 11 is 0. The molecule has 0 aliphatic carbocycles. The molecule has 1 N–H and O–H groups in total. The third kappa shape index (κ3) is 5.16. The summed E-state index contributed by atoms with van der Waals surface area (Å²) in [5.41, 5.74) is 0.779. The molecule has 1 saturated heterocycles. The van der Waals surface area contributed by atoms with E-state index in [0.717, 1.165) is 5.56 Å². The van der Waals surface area contributed by atoms with E-state index in [2.05, 4.69) is 5.32 Å². The zero-order valence-corrected chi connectivity index (χ0v) is 15.4. The van der Waals surface area contributed by atoms with Crippen LogP contribution in [0.4, 0.5) is 11.4 Å². The van der Waals surface area contributed by atoms with Gasteiger partial charge >= 0.3 is 5.97 Å². The zero-order valence-electron chi connectivity index (χ0n) is 15.4. The summed E-state index contributed by atoms with van der Waals surface area (Å²) in [5, 5.41) is 13.3. The van der Waals surface area contributed by atoms with E-state index in [1.807, 2.05) is 30.3 Å². The van der Waals surface area contributed by atoms with Crippen LogP contribution in [0.1, 0.15) is 17.9 Å². The number of rotatable bonds is 7. The van der Waals surface area contributed by atoms with Gasteiger partial charge in [-0.2, -0.15) is 0 Å². The van der Waals surface area contributed by atoms with Crippen molar-refractivity contribution in [1.29, 1.82) is 0 Å². The van der Waals surface area contributed by atoms with Crippen molar-refractivity contribution in [2.24, 2.45) is 0 Å². The topological polar surface area (TPSA) is 119 Å². The third-order valence-electron chi connectivity index (χ3n) is 4.54. The molecule has 1 fully saturated rings. The quantitative estimate of drug-likeness (QED) is 0.434. The fraction of sp³-hybridized carbons (Fsp3) is 0.250. The molecule has 1 atom stereocenters. The predicted molar refractivity (Wildman–Crippen MR) is 103 cm³/mol. The molecule has 9 nitrogen and oxygen atoms in total. The molecule has 2 aromatic carbocycles. The van der Waals surface area contributed by atoms with Gasteiger partial charge in [0, 0.05) is 24.9 Å². The summed E-state index contributed by atoms with van der Waals surface area (Å²) in [4.78, 5) is 47.8. The van der Waals surface area contributed by atoms with Crippen LogP contribution >= 0.6 is 0 Å². The van der Waals surface area contributed by atoms with E-state index < -0.39 is 23.4 Å². The summed E-state index contributed by atoms with van der Waals surface area (Å²) in [6.07, 6.45) is 0.315. The molecular weight excluding hydrogens is 378 g/mol. The van der Waals surface area contributed by atoms with Gasteiger partial charge in [-0.05, 0) is 11.6 Å². The van der Waals surface area contributed by atoms with Gasteiger partial charge in [0.05, 0.1) is 4.92 Å². The molecule has 1 heterocycles. The van der Waals surface area contributed by atoms with E-state index >= 15 is 0 Å². The first-order valence-corrected chi connectivity index (χ1v) is 8.95. The Balaban J connectivity index is 1.48. The average Bonchev–Trinajstić information content (AvgIpc) is 3.07. The largest absolute Gasteiger partial charge is 0.454 e. The molecule has 0 unspecified atom stereocenters. The first kappa shape index (κ1) is 20.0. The first-order valence-electron chi connectivity index (χ1n) is 8.95. The number of amides is 2. The summed E-state index contributed by atoms with van der Waals surface area (Å²) in [6.45, 7) is -0.448. The smallest absolute Gasteiger partial charge is 0.326 e. The summed E-state index contributed by atoms with van der Waals surface area (Å²) in [7, 11) is 0. The van der Waals surface area contributed by atoms with Crippen molar-refractivity contribution in [3.8, 4) is 0 Å². The Morgan fingerprint density at radius 2 is 1.83 bits per heavy atom. The van der Waals surface area contributed by atoms with Gasteiger partial charge in [0.15, 0.2) is 6.61 Å². The monoisotopic (exact) mass is 397 g/mol. The molecule has 0 aromatic heterocycles. The maximum Gasteiger partial charge on any atom is 0.326 e. The van der Waals surface area contributed by atoms with Gasteiger partial charge in [0.25, 0.3) is 11.6 Å². The van der Waals surface area contributed by atoms with Gasteiger partial charge in [0.1, 0.15) is 12.2 Å². The lowest BCUT2D eigenvalue weighted by molar-refractivity contribution is -0.383. The van der Waals surface area contributed by atoms with Crippen LogP contribution in [0.2, 0.25) is 0 Å². The Kier molecular flexibility index (Phi) is 6.18. The number of carbonyl (C=O) groups is 3. The maximum absolute atomic E-state index is 12.1. The fourth-order valence-corrected chi connectivity index (χ4v) is 3.15. The van der Waals surface area contributed by atoms with E-state index in [1.165, 1.54) is 29.2 Å². The molecule has 3 rings (SSSR count). The Hall–Kier alpha value is -3.75. The maximum atomic E-state index is 12.1. The van der Waals surface area contributed by atoms with Crippen molar-refractivity contribution in [2.75, 3.05) is 25.0 Å². The Bertz CT molecular complexity index is 931. The minimum absolute atomic E-state index is 0.0124. The van der Waals surface area contributed by atoms with Gasteiger partial charge < -0.3 is 15.0 Å². The van der Waals surface area contributed by atoms with Crippen LogP contribution < -0.4 is 5.32 Å². The second-order valence-corrected chi connectivity index (χ2v) is 6.57. The Morgan fingerprint density at radius 3 is 2.55 bits per heavy atom. The number of anilines is 1. The number of nitro benzene ring substituents is 1. The molecule has 9 heteroatoms. The number of para-hydroxylation sites is 2. The van der Waals surface area contributed by atoms with E-state index in [0.29, 0.717) is 13.0 Å². The minimum Gasteiger partial charge on any atom is -0.454 e. The van der Waals surface area contributed by atoms with Crippen LogP contribution in [0.25, 0.3) is 0 Å². The lowest BCUT2D eigenvalue weighted by Crippen LogP contribution is -2.33. The van der Waals surface area contributed by atoms with Crippen LogP contribution in [-0.4, -0.2) is 47.3 Å². The SMILES string of the molecule is O=C(COC(=O)CN1C[C@@H](c2ccccc2)CC1=O)Nc1ccccc1[N+](=O)[O-]. The number of nitro groups is 1. The second kappa shape index (κ2) is 8.96. The van der Waals surface area contributed by atoms with Gasteiger partial charge in [-0.1, -0.05) is 42.5 Å². The number of likely N-dealkylation sites (tertiary alicyclic amines) is 1. The number of carbonyl (C=O) groups excluding carboxylic acids is 3. The number of ether oxygens (including phenoxy) is 1. The molecule has 150 valence electrons. The first-order chi connectivity index (χ1) is 13.9. The molecule has 2 aromatic rings. The highest BCUT2D eigenvalue weighted by Gasteiger charge is 2.32. The predicted octanol–water partition coefficient (Wildman–Crippen LogP) is 2.09. The van der Waals surface area contributed by atoms with Crippen LogP contribution in [0.5, 0.6) is 0 Å². The number of esters is 1. The molecule has 2 amide bonds. The standard InChI is InChI=1S/C20H19N3O6/c24-18(21-16-8-4-5-9-17(16)23(27)28)13-29-20(26)12-22-11-15(10-19(22)25)14-6-2-1-3-7-14/h1-9,15H,10-13H2,(H,21,24)/t15-/m0/s1.